The van der Waals surface area contributed by atoms with Crippen LogP contribution in [0.1, 0.15) is 38.3 Å². The van der Waals surface area contributed by atoms with Gasteiger partial charge in [0.2, 0.25) is 0 Å². The molecule has 1 atom stereocenters. The van der Waals surface area contributed by atoms with Gasteiger partial charge >= 0.3 is 10.2 Å². The smallest absolute Gasteiger partial charge is 0.301 e. The minimum absolute atomic E-state index is 0.205. The lowest BCUT2D eigenvalue weighted by Gasteiger charge is -2.18. The minimum Gasteiger partial charge on any atom is -0.310 e. The van der Waals surface area contributed by atoms with Crippen molar-refractivity contribution in [2.45, 2.75) is 32.7 Å². The molecule has 1 aromatic rings. The number of hydrogen-bond acceptors (Lipinski definition) is 3. The third-order valence-electron chi connectivity index (χ3n) is 3.55. The molecule has 0 saturated carbocycles. The van der Waals surface area contributed by atoms with Crippen LogP contribution >= 0.6 is 0 Å². The van der Waals surface area contributed by atoms with Gasteiger partial charge in [0.15, 0.2) is 0 Å². The maximum absolute atomic E-state index is 12.2. The molecule has 20 heavy (non-hydrogen) atoms. The number of anilines is 1. The summed E-state index contributed by atoms with van der Waals surface area (Å²) in [7, 11) is -3.40. The average Bonchev–Trinajstić information content (AvgIpc) is 2.93. The van der Waals surface area contributed by atoms with E-state index in [1.54, 1.807) is 6.07 Å². The molecule has 6 heteroatoms. The Morgan fingerprint density at radius 2 is 2.00 bits per heavy atom. The fraction of sp³-hybridized carbons (Fsp3) is 0.571. The van der Waals surface area contributed by atoms with Gasteiger partial charge in [-0.15, -0.1) is 0 Å². The maximum Gasteiger partial charge on any atom is 0.301 e. The van der Waals surface area contributed by atoms with Gasteiger partial charge in [-0.1, -0.05) is 19.1 Å². The largest absolute Gasteiger partial charge is 0.310 e. The Bertz CT molecular complexity index is 539. The molecule has 1 aliphatic rings. The van der Waals surface area contributed by atoms with Gasteiger partial charge in [0.25, 0.3) is 0 Å². The first-order valence-electron chi connectivity index (χ1n) is 7.14. The Kier molecular flexibility index (Phi) is 5.01. The SMILES string of the molecule is CCNC(C)c1cccc(NS(=O)(=O)N2CCCC2)c1. The molecule has 0 bridgehead atoms. The van der Waals surface area contributed by atoms with Crippen molar-refractivity contribution in [2.75, 3.05) is 24.4 Å². The van der Waals surface area contributed by atoms with Gasteiger partial charge in [0.05, 0.1) is 5.69 Å². The highest BCUT2D eigenvalue weighted by Gasteiger charge is 2.25. The molecule has 112 valence electrons. The van der Waals surface area contributed by atoms with E-state index >= 15 is 0 Å². The highest BCUT2D eigenvalue weighted by molar-refractivity contribution is 7.90. The molecule has 0 aliphatic carbocycles. The van der Waals surface area contributed by atoms with Gasteiger partial charge in [-0.05, 0) is 44.0 Å². The van der Waals surface area contributed by atoms with E-state index < -0.39 is 10.2 Å². The van der Waals surface area contributed by atoms with Gasteiger partial charge in [0, 0.05) is 19.1 Å². The van der Waals surface area contributed by atoms with E-state index in [2.05, 4.69) is 23.9 Å². The molecule has 1 heterocycles. The first-order chi connectivity index (χ1) is 9.53. The molecule has 0 amide bonds. The summed E-state index contributed by atoms with van der Waals surface area (Å²) in [5.74, 6) is 0. The lowest BCUT2D eigenvalue weighted by molar-refractivity contribution is 0.482. The van der Waals surface area contributed by atoms with Crippen molar-refractivity contribution in [1.29, 1.82) is 0 Å². The fourth-order valence-corrected chi connectivity index (χ4v) is 3.73. The van der Waals surface area contributed by atoms with E-state index in [4.69, 9.17) is 0 Å². The lowest BCUT2D eigenvalue weighted by atomic mass is 10.1. The lowest BCUT2D eigenvalue weighted by Crippen LogP contribution is -2.33. The molecule has 0 aromatic heterocycles. The second-order valence-electron chi connectivity index (χ2n) is 5.12. The predicted molar refractivity (Wildman–Crippen MR) is 81.9 cm³/mol. The highest BCUT2D eigenvalue weighted by Crippen LogP contribution is 2.20. The Morgan fingerprint density at radius 1 is 1.30 bits per heavy atom. The van der Waals surface area contributed by atoms with Crippen LogP contribution in [0.2, 0.25) is 0 Å². The first-order valence-corrected chi connectivity index (χ1v) is 8.58. The molecule has 2 rings (SSSR count). The Morgan fingerprint density at radius 3 is 2.65 bits per heavy atom. The van der Waals surface area contributed by atoms with Gasteiger partial charge in [-0.25, -0.2) is 0 Å². The predicted octanol–water partition coefficient (Wildman–Crippen LogP) is 2.11. The fourth-order valence-electron chi connectivity index (χ4n) is 2.44. The molecular weight excluding hydrogens is 274 g/mol. The minimum atomic E-state index is -3.40. The Hall–Kier alpha value is -1.11. The Labute approximate surface area is 121 Å². The van der Waals surface area contributed by atoms with Crippen LogP contribution in [0.4, 0.5) is 5.69 Å². The first kappa shape index (κ1) is 15.3. The monoisotopic (exact) mass is 297 g/mol. The van der Waals surface area contributed by atoms with Gasteiger partial charge in [-0.2, -0.15) is 12.7 Å². The van der Waals surface area contributed by atoms with Crippen molar-refractivity contribution < 1.29 is 8.42 Å². The summed E-state index contributed by atoms with van der Waals surface area (Å²) in [5, 5.41) is 3.32. The average molecular weight is 297 g/mol. The molecule has 1 aliphatic heterocycles. The maximum atomic E-state index is 12.2. The summed E-state index contributed by atoms with van der Waals surface area (Å²) in [6.07, 6.45) is 1.89. The van der Waals surface area contributed by atoms with Gasteiger partial charge in [-0.3, -0.25) is 4.72 Å². The molecule has 5 nitrogen and oxygen atoms in total. The van der Waals surface area contributed by atoms with Crippen molar-refractivity contribution >= 4 is 15.9 Å². The van der Waals surface area contributed by atoms with Crippen molar-refractivity contribution in [2.24, 2.45) is 0 Å². The summed E-state index contributed by atoms with van der Waals surface area (Å²) in [6, 6.07) is 7.76. The molecule has 0 spiro atoms. The van der Waals surface area contributed by atoms with E-state index in [-0.39, 0.29) is 6.04 Å². The molecule has 1 fully saturated rings. The summed E-state index contributed by atoms with van der Waals surface area (Å²) in [4.78, 5) is 0. The van der Waals surface area contributed by atoms with Crippen LogP contribution in [0.15, 0.2) is 24.3 Å². The standard InChI is InChI=1S/C14H23N3O2S/c1-3-15-12(2)13-7-6-8-14(11-13)16-20(18,19)17-9-4-5-10-17/h6-8,11-12,15-16H,3-5,9-10H2,1-2H3. The van der Waals surface area contributed by atoms with Crippen molar-refractivity contribution in [1.82, 2.24) is 9.62 Å². The van der Waals surface area contributed by atoms with Crippen LogP contribution in [0.3, 0.4) is 0 Å². The quantitative estimate of drug-likeness (QED) is 0.845. The third-order valence-corrected chi connectivity index (χ3v) is 5.09. The third kappa shape index (κ3) is 3.71. The molecule has 1 aromatic carbocycles. The zero-order valence-electron chi connectivity index (χ0n) is 12.1. The Balaban J connectivity index is 2.11. The number of nitrogens with one attached hydrogen (secondary N) is 2. The van der Waals surface area contributed by atoms with Crippen LogP contribution in [0.5, 0.6) is 0 Å². The molecule has 2 N–H and O–H groups in total. The van der Waals surface area contributed by atoms with Crippen molar-refractivity contribution in [3.8, 4) is 0 Å². The second kappa shape index (κ2) is 6.56. The molecule has 1 saturated heterocycles. The van der Waals surface area contributed by atoms with Gasteiger partial charge < -0.3 is 5.32 Å². The van der Waals surface area contributed by atoms with E-state index in [0.717, 1.165) is 24.9 Å². The second-order valence-corrected chi connectivity index (χ2v) is 6.79. The van der Waals surface area contributed by atoms with E-state index in [1.807, 2.05) is 18.2 Å². The normalized spacial score (nSPS) is 18.1. The van der Waals surface area contributed by atoms with Crippen LogP contribution in [-0.4, -0.2) is 32.4 Å². The molecule has 1 unspecified atom stereocenters. The van der Waals surface area contributed by atoms with Crippen LogP contribution in [0, 0.1) is 0 Å². The summed E-state index contributed by atoms with van der Waals surface area (Å²) < 4.78 is 28.6. The van der Waals surface area contributed by atoms with Crippen molar-refractivity contribution in [3.05, 3.63) is 29.8 Å². The van der Waals surface area contributed by atoms with E-state index in [1.165, 1.54) is 4.31 Å². The number of hydrogen-bond donors (Lipinski definition) is 2. The summed E-state index contributed by atoms with van der Waals surface area (Å²) in [6.45, 7) is 6.23. The number of nitrogens with zero attached hydrogens (tertiary/aromatic N) is 1. The summed E-state index contributed by atoms with van der Waals surface area (Å²) in [5.41, 5.74) is 1.70. The zero-order valence-corrected chi connectivity index (χ0v) is 12.9. The van der Waals surface area contributed by atoms with Crippen molar-refractivity contribution in [3.63, 3.8) is 0 Å². The number of benzene rings is 1. The van der Waals surface area contributed by atoms with E-state index in [9.17, 15) is 8.42 Å². The van der Waals surface area contributed by atoms with Gasteiger partial charge in [0.1, 0.15) is 0 Å². The number of rotatable bonds is 6. The summed E-state index contributed by atoms with van der Waals surface area (Å²) >= 11 is 0. The van der Waals surface area contributed by atoms with Crippen LogP contribution in [-0.2, 0) is 10.2 Å². The highest BCUT2D eigenvalue weighted by atomic mass is 32.2. The molecule has 0 radical (unpaired) electrons. The topological polar surface area (TPSA) is 61.4 Å². The van der Waals surface area contributed by atoms with Crippen LogP contribution < -0.4 is 10.0 Å². The molecular formula is C14H23N3O2S. The van der Waals surface area contributed by atoms with E-state index in [0.29, 0.717) is 18.8 Å². The zero-order chi connectivity index (χ0) is 14.6. The van der Waals surface area contributed by atoms with Crippen LogP contribution in [0.25, 0.3) is 0 Å².